The minimum Gasteiger partial charge on any atom is -0.495 e. The molecule has 0 radical (unpaired) electrons. The van der Waals surface area contributed by atoms with Gasteiger partial charge in [-0.3, -0.25) is 0 Å². The van der Waals surface area contributed by atoms with Crippen LogP contribution in [-0.2, 0) is 6.61 Å². The number of hydrogen-bond donors (Lipinski definition) is 1. The van der Waals surface area contributed by atoms with Gasteiger partial charge in [-0.05, 0) is 48.4 Å². The summed E-state index contributed by atoms with van der Waals surface area (Å²) in [6.45, 7) is 2.34. The van der Waals surface area contributed by atoms with Crippen LogP contribution in [0, 0.1) is 18.3 Å². The Morgan fingerprint density at radius 3 is 2.55 bits per heavy atom. The van der Waals surface area contributed by atoms with E-state index in [0.717, 1.165) is 16.9 Å². The molecule has 0 aromatic heterocycles. The van der Waals surface area contributed by atoms with Crippen molar-refractivity contribution in [2.24, 2.45) is 0 Å². The smallest absolute Gasteiger partial charge is 0.136 e. The van der Waals surface area contributed by atoms with E-state index >= 15 is 0 Å². The molecule has 0 atom stereocenters. The summed E-state index contributed by atoms with van der Waals surface area (Å²) in [7, 11) is 1.55. The summed E-state index contributed by atoms with van der Waals surface area (Å²) >= 11 is 0. The molecule has 2 aromatic carbocycles. The topological polar surface area (TPSA) is 68.3 Å². The molecule has 4 heteroatoms. The Hall–Kier alpha value is -2.67. The zero-order chi connectivity index (χ0) is 14.5. The molecule has 0 saturated carbocycles. The highest BCUT2D eigenvalue weighted by Gasteiger charge is 2.05. The van der Waals surface area contributed by atoms with E-state index in [-0.39, 0.29) is 0 Å². The van der Waals surface area contributed by atoms with Gasteiger partial charge in [-0.2, -0.15) is 5.26 Å². The van der Waals surface area contributed by atoms with Crippen LogP contribution in [0.25, 0.3) is 0 Å². The summed E-state index contributed by atoms with van der Waals surface area (Å²) in [5.41, 5.74) is 8.82. The maximum atomic E-state index is 9.05. The van der Waals surface area contributed by atoms with Crippen molar-refractivity contribution in [2.45, 2.75) is 13.5 Å². The SMILES string of the molecule is COc1ccc(COc2ccc(N)cc2C)cc1C#N. The van der Waals surface area contributed by atoms with Gasteiger partial charge in [0.05, 0.1) is 12.7 Å². The molecule has 102 valence electrons. The first-order valence-electron chi connectivity index (χ1n) is 6.20. The summed E-state index contributed by atoms with van der Waals surface area (Å²) in [6.07, 6.45) is 0. The Balaban J connectivity index is 2.13. The van der Waals surface area contributed by atoms with Gasteiger partial charge in [-0.15, -0.1) is 0 Å². The van der Waals surface area contributed by atoms with Crippen LogP contribution in [0.4, 0.5) is 5.69 Å². The van der Waals surface area contributed by atoms with Gasteiger partial charge in [-0.25, -0.2) is 0 Å². The number of nitriles is 1. The molecule has 0 unspecified atom stereocenters. The van der Waals surface area contributed by atoms with E-state index in [1.807, 2.05) is 25.1 Å². The average molecular weight is 268 g/mol. The average Bonchev–Trinajstić information content (AvgIpc) is 2.46. The molecule has 0 aliphatic carbocycles. The maximum absolute atomic E-state index is 9.05. The number of anilines is 1. The van der Waals surface area contributed by atoms with Crippen LogP contribution in [-0.4, -0.2) is 7.11 Å². The number of nitrogens with two attached hydrogens (primary N) is 1. The lowest BCUT2D eigenvalue weighted by Gasteiger charge is -2.10. The number of ether oxygens (including phenoxy) is 2. The Morgan fingerprint density at radius 1 is 1.15 bits per heavy atom. The zero-order valence-electron chi connectivity index (χ0n) is 11.5. The van der Waals surface area contributed by atoms with E-state index in [0.29, 0.717) is 23.6 Å². The summed E-state index contributed by atoms with van der Waals surface area (Å²) in [4.78, 5) is 0. The van der Waals surface area contributed by atoms with Crippen molar-refractivity contribution in [1.29, 1.82) is 5.26 Å². The molecule has 20 heavy (non-hydrogen) atoms. The summed E-state index contributed by atoms with van der Waals surface area (Å²) in [5.74, 6) is 1.36. The van der Waals surface area contributed by atoms with Crippen molar-refractivity contribution in [2.75, 3.05) is 12.8 Å². The first kappa shape index (κ1) is 13.8. The Labute approximate surface area is 118 Å². The monoisotopic (exact) mass is 268 g/mol. The lowest BCUT2D eigenvalue weighted by atomic mass is 10.1. The second kappa shape index (κ2) is 5.98. The van der Waals surface area contributed by atoms with Crippen LogP contribution in [0.2, 0.25) is 0 Å². The predicted octanol–water partition coefficient (Wildman–Crippen LogP) is 3.04. The van der Waals surface area contributed by atoms with Crippen LogP contribution < -0.4 is 15.2 Å². The number of nitrogen functional groups attached to an aromatic ring is 1. The summed E-state index contributed by atoms with van der Waals surface area (Å²) in [6, 6.07) is 13.0. The second-order valence-electron chi connectivity index (χ2n) is 4.46. The fraction of sp³-hybridized carbons (Fsp3) is 0.188. The highest BCUT2D eigenvalue weighted by atomic mass is 16.5. The Bertz CT molecular complexity index is 660. The molecule has 2 aromatic rings. The molecular weight excluding hydrogens is 252 g/mol. The quantitative estimate of drug-likeness (QED) is 0.865. The van der Waals surface area contributed by atoms with E-state index < -0.39 is 0 Å². The van der Waals surface area contributed by atoms with Gasteiger partial charge in [0.15, 0.2) is 0 Å². The molecule has 0 amide bonds. The van der Waals surface area contributed by atoms with E-state index in [1.54, 1.807) is 25.3 Å². The fourth-order valence-electron chi connectivity index (χ4n) is 1.93. The standard InChI is InChI=1S/C16H16N2O2/c1-11-7-14(18)4-6-15(11)20-10-12-3-5-16(19-2)13(8-12)9-17/h3-8H,10,18H2,1-2H3. The largest absolute Gasteiger partial charge is 0.495 e. The molecule has 0 fully saturated rings. The van der Waals surface area contributed by atoms with Gasteiger partial charge in [0.25, 0.3) is 0 Å². The van der Waals surface area contributed by atoms with Crippen molar-refractivity contribution < 1.29 is 9.47 Å². The minimum absolute atomic E-state index is 0.392. The van der Waals surface area contributed by atoms with Gasteiger partial charge < -0.3 is 15.2 Å². The number of rotatable bonds is 4. The van der Waals surface area contributed by atoms with Gasteiger partial charge in [0.2, 0.25) is 0 Å². The van der Waals surface area contributed by atoms with E-state index in [9.17, 15) is 0 Å². The van der Waals surface area contributed by atoms with Gasteiger partial charge in [-0.1, -0.05) is 6.07 Å². The van der Waals surface area contributed by atoms with Gasteiger partial charge in [0.1, 0.15) is 24.2 Å². The highest BCUT2D eigenvalue weighted by Crippen LogP contribution is 2.23. The third kappa shape index (κ3) is 3.01. The van der Waals surface area contributed by atoms with Crippen molar-refractivity contribution in [3.63, 3.8) is 0 Å². The number of hydrogen-bond acceptors (Lipinski definition) is 4. The molecule has 2 rings (SSSR count). The number of nitrogens with zero attached hydrogens (tertiary/aromatic N) is 1. The van der Waals surface area contributed by atoms with Crippen molar-refractivity contribution in [1.82, 2.24) is 0 Å². The maximum Gasteiger partial charge on any atom is 0.136 e. The lowest BCUT2D eigenvalue weighted by Crippen LogP contribution is -1.99. The van der Waals surface area contributed by atoms with Crippen LogP contribution in [0.15, 0.2) is 36.4 Å². The molecule has 0 aliphatic heterocycles. The molecule has 0 aliphatic rings. The zero-order valence-corrected chi connectivity index (χ0v) is 11.5. The number of methoxy groups -OCH3 is 1. The Morgan fingerprint density at radius 2 is 1.90 bits per heavy atom. The van der Waals surface area contributed by atoms with Crippen LogP contribution >= 0.6 is 0 Å². The van der Waals surface area contributed by atoms with Gasteiger partial charge in [0, 0.05) is 5.69 Å². The second-order valence-corrected chi connectivity index (χ2v) is 4.46. The summed E-state index contributed by atoms with van der Waals surface area (Å²) in [5, 5.41) is 9.05. The van der Waals surface area contributed by atoms with E-state index in [2.05, 4.69) is 6.07 Å². The van der Waals surface area contributed by atoms with Crippen LogP contribution in [0.1, 0.15) is 16.7 Å². The van der Waals surface area contributed by atoms with Crippen molar-refractivity contribution in [3.8, 4) is 17.6 Å². The number of aryl methyl sites for hydroxylation is 1. The van der Waals surface area contributed by atoms with Crippen molar-refractivity contribution >= 4 is 5.69 Å². The summed E-state index contributed by atoms with van der Waals surface area (Å²) < 4.78 is 10.9. The molecule has 0 heterocycles. The minimum atomic E-state index is 0.392. The van der Waals surface area contributed by atoms with Crippen LogP contribution in [0.3, 0.4) is 0 Å². The molecule has 2 N–H and O–H groups in total. The van der Waals surface area contributed by atoms with E-state index in [4.69, 9.17) is 20.5 Å². The molecule has 4 nitrogen and oxygen atoms in total. The van der Waals surface area contributed by atoms with Crippen LogP contribution in [0.5, 0.6) is 11.5 Å². The molecular formula is C16H16N2O2. The molecule has 0 spiro atoms. The molecule has 0 bridgehead atoms. The third-order valence-corrected chi connectivity index (χ3v) is 2.98. The van der Waals surface area contributed by atoms with Crippen molar-refractivity contribution in [3.05, 3.63) is 53.1 Å². The fourth-order valence-corrected chi connectivity index (χ4v) is 1.93. The molecule has 0 saturated heterocycles. The highest BCUT2D eigenvalue weighted by molar-refractivity contribution is 5.48. The van der Waals surface area contributed by atoms with Gasteiger partial charge >= 0.3 is 0 Å². The number of benzene rings is 2. The normalized spacial score (nSPS) is 9.85. The van der Waals surface area contributed by atoms with E-state index in [1.165, 1.54) is 0 Å². The first-order chi connectivity index (χ1) is 9.63. The predicted molar refractivity (Wildman–Crippen MR) is 77.6 cm³/mol. The Kier molecular flexibility index (Phi) is 4.11. The third-order valence-electron chi connectivity index (χ3n) is 2.98. The lowest BCUT2D eigenvalue weighted by molar-refractivity contribution is 0.304. The first-order valence-corrected chi connectivity index (χ1v) is 6.20.